The summed E-state index contributed by atoms with van der Waals surface area (Å²) < 4.78 is 0. The molecule has 20 heavy (non-hydrogen) atoms. The zero-order valence-electron chi connectivity index (χ0n) is 10.6. The highest BCUT2D eigenvalue weighted by Gasteiger charge is 2.17. The normalized spacial score (nSPS) is 11.8. The van der Waals surface area contributed by atoms with Gasteiger partial charge in [0.25, 0.3) is 5.91 Å². The minimum atomic E-state index is -0.703. The van der Waals surface area contributed by atoms with Gasteiger partial charge in [-0.05, 0) is 30.5 Å². The van der Waals surface area contributed by atoms with Crippen LogP contribution in [0.15, 0.2) is 35.7 Å². The number of nitro groups is 1. The summed E-state index contributed by atoms with van der Waals surface area (Å²) >= 11 is 1.52. The van der Waals surface area contributed by atoms with Crippen LogP contribution in [-0.2, 0) is 0 Å². The number of rotatable bonds is 4. The number of aromatic hydroxyl groups is 1. The van der Waals surface area contributed by atoms with Gasteiger partial charge in [0.15, 0.2) is 5.75 Å². The minimum absolute atomic E-state index is 0.167. The zero-order chi connectivity index (χ0) is 14.7. The van der Waals surface area contributed by atoms with Gasteiger partial charge in [0.1, 0.15) is 0 Å². The number of nitro benzene ring substituents is 1. The van der Waals surface area contributed by atoms with Crippen LogP contribution in [0.4, 0.5) is 5.69 Å². The van der Waals surface area contributed by atoms with E-state index in [9.17, 15) is 20.0 Å². The van der Waals surface area contributed by atoms with Crippen LogP contribution >= 0.6 is 11.3 Å². The Morgan fingerprint density at radius 1 is 1.45 bits per heavy atom. The second-order valence-electron chi connectivity index (χ2n) is 4.17. The molecule has 2 rings (SSSR count). The number of hydrogen-bond acceptors (Lipinski definition) is 5. The highest BCUT2D eigenvalue weighted by molar-refractivity contribution is 7.10. The Morgan fingerprint density at radius 2 is 2.20 bits per heavy atom. The van der Waals surface area contributed by atoms with Crippen LogP contribution in [0.25, 0.3) is 0 Å². The Morgan fingerprint density at radius 3 is 2.75 bits per heavy atom. The predicted octanol–water partition coefficient (Wildman–Crippen LogP) is 2.85. The Kier molecular flexibility index (Phi) is 3.99. The van der Waals surface area contributed by atoms with E-state index in [0.717, 1.165) is 17.0 Å². The number of phenolic OH excluding ortho intramolecular Hbond substituents is 1. The fourth-order valence-electron chi connectivity index (χ4n) is 1.71. The number of nitrogens with zero attached hydrogens (tertiary/aromatic N) is 1. The van der Waals surface area contributed by atoms with Crippen molar-refractivity contribution in [2.24, 2.45) is 0 Å². The van der Waals surface area contributed by atoms with Crippen molar-refractivity contribution in [2.45, 2.75) is 13.0 Å². The van der Waals surface area contributed by atoms with E-state index in [1.807, 2.05) is 24.4 Å². The number of hydrogen-bond donors (Lipinski definition) is 2. The lowest BCUT2D eigenvalue weighted by Gasteiger charge is -2.12. The molecule has 104 valence electrons. The quantitative estimate of drug-likeness (QED) is 0.669. The summed E-state index contributed by atoms with van der Waals surface area (Å²) in [6.45, 7) is 1.84. The first-order valence-electron chi connectivity index (χ1n) is 5.80. The molecule has 0 aliphatic heterocycles. The van der Waals surface area contributed by atoms with Gasteiger partial charge in [0.2, 0.25) is 0 Å². The Hall–Kier alpha value is -2.41. The van der Waals surface area contributed by atoms with Crippen LogP contribution in [0, 0.1) is 10.1 Å². The number of nitrogens with one attached hydrogen (secondary N) is 1. The maximum absolute atomic E-state index is 12.0. The number of carbonyl (C=O) groups is 1. The van der Waals surface area contributed by atoms with Gasteiger partial charge in [-0.1, -0.05) is 6.07 Å². The van der Waals surface area contributed by atoms with Crippen LogP contribution in [0.1, 0.15) is 28.2 Å². The van der Waals surface area contributed by atoms with Crippen molar-refractivity contribution < 1.29 is 14.8 Å². The van der Waals surface area contributed by atoms with Crippen molar-refractivity contribution in [1.82, 2.24) is 5.32 Å². The predicted molar refractivity (Wildman–Crippen MR) is 75.0 cm³/mol. The van der Waals surface area contributed by atoms with Crippen LogP contribution in [-0.4, -0.2) is 15.9 Å². The molecule has 1 aromatic heterocycles. The van der Waals surface area contributed by atoms with E-state index in [1.54, 1.807) is 0 Å². The number of carbonyl (C=O) groups excluding carboxylic acids is 1. The smallest absolute Gasteiger partial charge is 0.310 e. The molecule has 0 spiro atoms. The Labute approximate surface area is 118 Å². The molecule has 0 unspecified atom stereocenters. The van der Waals surface area contributed by atoms with E-state index in [-0.39, 0.29) is 11.6 Å². The molecule has 7 heteroatoms. The van der Waals surface area contributed by atoms with Gasteiger partial charge in [-0.2, -0.15) is 0 Å². The summed E-state index contributed by atoms with van der Waals surface area (Å²) in [5.41, 5.74) is -0.246. The van der Waals surface area contributed by atoms with Crippen molar-refractivity contribution in [3.05, 3.63) is 56.3 Å². The molecule has 0 fully saturated rings. The van der Waals surface area contributed by atoms with E-state index >= 15 is 0 Å². The van der Waals surface area contributed by atoms with Crippen molar-refractivity contribution in [2.75, 3.05) is 0 Å². The summed E-state index contributed by atoms with van der Waals surface area (Å²) in [5, 5.41) is 24.8. The SMILES string of the molecule is C[C@@H](NC(=O)c1ccc([N+](=O)[O-])c(O)c1)c1cccs1. The summed E-state index contributed by atoms with van der Waals surface area (Å²) in [7, 11) is 0. The Bertz CT molecular complexity index is 640. The van der Waals surface area contributed by atoms with E-state index in [0.29, 0.717) is 0 Å². The molecule has 0 bridgehead atoms. The molecule has 0 aliphatic rings. The van der Waals surface area contributed by atoms with E-state index in [1.165, 1.54) is 17.4 Å². The number of benzene rings is 1. The highest BCUT2D eigenvalue weighted by Crippen LogP contribution is 2.26. The molecule has 1 heterocycles. The van der Waals surface area contributed by atoms with Crippen molar-refractivity contribution in [3.63, 3.8) is 0 Å². The topological polar surface area (TPSA) is 92.5 Å². The summed E-state index contributed by atoms with van der Waals surface area (Å²) in [6.07, 6.45) is 0. The number of phenols is 1. The second-order valence-corrected chi connectivity index (χ2v) is 5.15. The molecular formula is C13H12N2O4S. The fourth-order valence-corrected chi connectivity index (χ4v) is 2.44. The van der Waals surface area contributed by atoms with Gasteiger partial charge in [-0.25, -0.2) is 0 Å². The lowest BCUT2D eigenvalue weighted by molar-refractivity contribution is -0.385. The van der Waals surface area contributed by atoms with Crippen molar-refractivity contribution in [1.29, 1.82) is 0 Å². The van der Waals surface area contributed by atoms with Crippen LogP contribution in [0.3, 0.4) is 0 Å². The van der Waals surface area contributed by atoms with Crippen LogP contribution < -0.4 is 5.32 Å². The van der Waals surface area contributed by atoms with E-state index < -0.39 is 22.3 Å². The maximum Gasteiger partial charge on any atom is 0.310 e. The van der Waals surface area contributed by atoms with E-state index in [2.05, 4.69) is 5.32 Å². The molecule has 0 aliphatic carbocycles. The zero-order valence-corrected chi connectivity index (χ0v) is 11.4. The number of thiophene rings is 1. The molecule has 0 radical (unpaired) electrons. The largest absolute Gasteiger partial charge is 0.502 e. The van der Waals surface area contributed by atoms with Gasteiger partial charge in [0, 0.05) is 16.5 Å². The van der Waals surface area contributed by atoms with Gasteiger partial charge in [0.05, 0.1) is 11.0 Å². The summed E-state index contributed by atoms with van der Waals surface area (Å²) in [6, 6.07) is 7.14. The third-order valence-corrected chi connectivity index (χ3v) is 3.81. The third kappa shape index (κ3) is 2.94. The van der Waals surface area contributed by atoms with Crippen LogP contribution in [0.2, 0.25) is 0 Å². The van der Waals surface area contributed by atoms with Crippen LogP contribution in [0.5, 0.6) is 5.75 Å². The maximum atomic E-state index is 12.0. The first-order valence-corrected chi connectivity index (χ1v) is 6.68. The van der Waals surface area contributed by atoms with Crippen molar-refractivity contribution >= 4 is 22.9 Å². The molecule has 1 aromatic carbocycles. The van der Waals surface area contributed by atoms with Gasteiger partial charge >= 0.3 is 5.69 Å². The molecule has 0 saturated carbocycles. The minimum Gasteiger partial charge on any atom is -0.502 e. The third-order valence-electron chi connectivity index (χ3n) is 2.75. The fraction of sp³-hybridized carbons (Fsp3) is 0.154. The molecule has 1 amide bonds. The lowest BCUT2D eigenvalue weighted by Crippen LogP contribution is -2.26. The standard InChI is InChI=1S/C13H12N2O4S/c1-8(12-3-2-6-20-12)14-13(17)9-4-5-10(15(18)19)11(16)7-9/h2-8,16H,1H3,(H,14,17)/t8-/m1/s1. The monoisotopic (exact) mass is 292 g/mol. The molecule has 1 atom stereocenters. The highest BCUT2D eigenvalue weighted by atomic mass is 32.1. The first-order chi connectivity index (χ1) is 9.49. The second kappa shape index (κ2) is 5.70. The lowest BCUT2D eigenvalue weighted by atomic mass is 10.1. The van der Waals surface area contributed by atoms with E-state index in [4.69, 9.17) is 0 Å². The first kappa shape index (κ1) is 14.0. The van der Waals surface area contributed by atoms with Gasteiger partial charge in [-0.15, -0.1) is 11.3 Å². The Balaban J connectivity index is 2.14. The summed E-state index contributed by atoms with van der Waals surface area (Å²) in [4.78, 5) is 22.9. The molecule has 2 N–H and O–H groups in total. The number of amides is 1. The molecule has 2 aromatic rings. The van der Waals surface area contributed by atoms with Gasteiger partial charge < -0.3 is 10.4 Å². The summed E-state index contributed by atoms with van der Waals surface area (Å²) in [5.74, 6) is -0.914. The molecule has 6 nitrogen and oxygen atoms in total. The molecular weight excluding hydrogens is 280 g/mol. The average molecular weight is 292 g/mol. The van der Waals surface area contributed by atoms with Crippen molar-refractivity contribution in [3.8, 4) is 5.75 Å². The average Bonchev–Trinajstić information content (AvgIpc) is 2.91. The van der Waals surface area contributed by atoms with Gasteiger partial charge in [-0.3, -0.25) is 14.9 Å². The molecule has 0 saturated heterocycles.